The van der Waals surface area contributed by atoms with Gasteiger partial charge in [-0.2, -0.15) is 5.10 Å². The summed E-state index contributed by atoms with van der Waals surface area (Å²) < 4.78 is 29.4. The van der Waals surface area contributed by atoms with Gasteiger partial charge in [-0.05, 0) is 50.9 Å². The first-order valence-corrected chi connectivity index (χ1v) is 8.87. The SMILES string of the molecule is Cc1nn(C)cc1S(=O)(=O)N[C@H](C)[C@@H]1C[C@H]2CC[C@H]1C2. The lowest BCUT2D eigenvalue weighted by molar-refractivity contribution is 0.280. The lowest BCUT2D eigenvalue weighted by Crippen LogP contribution is -2.40. The number of aromatic nitrogens is 2. The van der Waals surface area contributed by atoms with Crippen LogP contribution < -0.4 is 4.72 Å². The summed E-state index contributed by atoms with van der Waals surface area (Å²) in [7, 11) is -1.72. The van der Waals surface area contributed by atoms with Crippen LogP contribution in [0.3, 0.4) is 0 Å². The molecule has 4 atom stereocenters. The predicted molar refractivity (Wildman–Crippen MR) is 76.7 cm³/mol. The number of nitrogens with zero attached hydrogens (tertiary/aromatic N) is 2. The molecule has 2 aliphatic carbocycles. The Balaban J connectivity index is 1.75. The minimum atomic E-state index is -3.46. The summed E-state index contributed by atoms with van der Waals surface area (Å²) in [5.41, 5.74) is 0.556. The van der Waals surface area contributed by atoms with E-state index < -0.39 is 10.0 Å². The number of hydrogen-bond acceptors (Lipinski definition) is 3. The van der Waals surface area contributed by atoms with E-state index >= 15 is 0 Å². The van der Waals surface area contributed by atoms with E-state index in [1.807, 2.05) is 6.92 Å². The van der Waals surface area contributed by atoms with Crippen LogP contribution in [0.5, 0.6) is 0 Å². The summed E-state index contributed by atoms with van der Waals surface area (Å²) in [6, 6.07) is 0.00917. The van der Waals surface area contributed by atoms with Crippen molar-refractivity contribution in [3.63, 3.8) is 0 Å². The van der Waals surface area contributed by atoms with E-state index in [4.69, 9.17) is 0 Å². The fourth-order valence-electron chi connectivity index (χ4n) is 4.14. The molecular weight excluding hydrogens is 274 g/mol. The fraction of sp³-hybridized carbons (Fsp3) is 0.786. The molecule has 6 heteroatoms. The van der Waals surface area contributed by atoms with E-state index in [1.54, 1.807) is 24.9 Å². The van der Waals surface area contributed by atoms with Crippen LogP contribution in [0.4, 0.5) is 0 Å². The first-order valence-electron chi connectivity index (χ1n) is 7.39. The number of rotatable bonds is 4. The summed E-state index contributed by atoms with van der Waals surface area (Å²) in [5, 5.41) is 4.12. The number of hydrogen-bond donors (Lipinski definition) is 1. The number of sulfonamides is 1. The molecule has 20 heavy (non-hydrogen) atoms. The van der Waals surface area contributed by atoms with Crippen molar-refractivity contribution in [1.82, 2.24) is 14.5 Å². The third-order valence-corrected chi connectivity index (χ3v) is 6.70. The molecule has 2 aliphatic rings. The van der Waals surface area contributed by atoms with Crippen molar-refractivity contribution < 1.29 is 8.42 Å². The highest BCUT2D eigenvalue weighted by molar-refractivity contribution is 7.89. The molecule has 0 amide bonds. The predicted octanol–water partition coefficient (Wildman–Crippen LogP) is 1.83. The van der Waals surface area contributed by atoms with Gasteiger partial charge in [-0.1, -0.05) is 6.42 Å². The van der Waals surface area contributed by atoms with Crippen LogP contribution >= 0.6 is 0 Å². The largest absolute Gasteiger partial charge is 0.274 e. The lowest BCUT2D eigenvalue weighted by Gasteiger charge is -2.28. The monoisotopic (exact) mass is 297 g/mol. The third-order valence-electron chi connectivity index (χ3n) is 5.03. The van der Waals surface area contributed by atoms with E-state index in [-0.39, 0.29) is 6.04 Å². The van der Waals surface area contributed by atoms with E-state index in [1.165, 1.54) is 25.7 Å². The molecule has 0 spiro atoms. The molecule has 2 saturated carbocycles. The Morgan fingerprint density at radius 2 is 2.15 bits per heavy atom. The second-order valence-corrected chi connectivity index (χ2v) is 8.18. The fourth-order valence-corrected chi connectivity index (χ4v) is 5.66. The Morgan fingerprint density at radius 3 is 2.65 bits per heavy atom. The van der Waals surface area contributed by atoms with E-state index in [9.17, 15) is 8.42 Å². The van der Waals surface area contributed by atoms with Gasteiger partial charge in [-0.15, -0.1) is 0 Å². The van der Waals surface area contributed by atoms with Crippen LogP contribution in [0.1, 0.15) is 38.3 Å². The van der Waals surface area contributed by atoms with Crippen molar-refractivity contribution >= 4 is 10.0 Å². The van der Waals surface area contributed by atoms with Crippen LogP contribution in [-0.4, -0.2) is 24.2 Å². The van der Waals surface area contributed by atoms with Crippen molar-refractivity contribution in [3.8, 4) is 0 Å². The smallest absolute Gasteiger partial charge is 0.244 e. The second kappa shape index (κ2) is 4.84. The summed E-state index contributed by atoms with van der Waals surface area (Å²) >= 11 is 0. The maximum Gasteiger partial charge on any atom is 0.244 e. The summed E-state index contributed by atoms with van der Waals surface area (Å²) in [5.74, 6) is 2.05. The molecule has 5 nitrogen and oxygen atoms in total. The zero-order valence-electron chi connectivity index (χ0n) is 12.3. The van der Waals surface area contributed by atoms with Crippen LogP contribution in [0.25, 0.3) is 0 Å². The highest BCUT2D eigenvalue weighted by Crippen LogP contribution is 2.49. The van der Waals surface area contributed by atoms with Gasteiger partial charge in [0.2, 0.25) is 10.0 Å². The average Bonchev–Trinajstić information content (AvgIpc) is 3.03. The summed E-state index contributed by atoms with van der Waals surface area (Å²) in [6.07, 6.45) is 6.66. The quantitative estimate of drug-likeness (QED) is 0.922. The van der Waals surface area contributed by atoms with Crippen molar-refractivity contribution in [3.05, 3.63) is 11.9 Å². The molecule has 0 radical (unpaired) electrons. The van der Waals surface area contributed by atoms with Gasteiger partial charge in [-0.3, -0.25) is 4.68 Å². The maximum absolute atomic E-state index is 12.5. The van der Waals surface area contributed by atoms with Gasteiger partial charge < -0.3 is 0 Å². The van der Waals surface area contributed by atoms with Crippen molar-refractivity contribution in [1.29, 1.82) is 0 Å². The zero-order chi connectivity index (χ0) is 14.5. The molecule has 0 saturated heterocycles. The van der Waals surface area contributed by atoms with E-state index in [0.717, 1.165) is 5.92 Å². The molecule has 1 aromatic heterocycles. The van der Waals surface area contributed by atoms with Gasteiger partial charge >= 0.3 is 0 Å². The van der Waals surface area contributed by atoms with Gasteiger partial charge in [-0.25, -0.2) is 13.1 Å². The molecule has 2 bridgehead atoms. The minimum Gasteiger partial charge on any atom is -0.274 e. The number of nitrogens with one attached hydrogen (secondary N) is 1. The number of aryl methyl sites for hydroxylation is 2. The molecule has 1 aromatic rings. The van der Waals surface area contributed by atoms with E-state index in [0.29, 0.717) is 22.4 Å². The minimum absolute atomic E-state index is 0.00917. The molecule has 0 aliphatic heterocycles. The molecule has 2 fully saturated rings. The van der Waals surface area contributed by atoms with Crippen LogP contribution in [0.15, 0.2) is 11.1 Å². The van der Waals surface area contributed by atoms with Crippen LogP contribution in [0.2, 0.25) is 0 Å². The lowest BCUT2D eigenvalue weighted by atomic mass is 9.84. The topological polar surface area (TPSA) is 64.0 Å². The Kier molecular flexibility index (Phi) is 3.41. The highest BCUT2D eigenvalue weighted by atomic mass is 32.2. The summed E-state index contributed by atoms with van der Waals surface area (Å²) in [6.45, 7) is 3.74. The second-order valence-electron chi connectivity index (χ2n) is 6.50. The van der Waals surface area contributed by atoms with Crippen LogP contribution in [0, 0.1) is 24.7 Å². The molecule has 1 heterocycles. The normalized spacial score (nSPS) is 30.9. The summed E-state index contributed by atoms with van der Waals surface area (Å²) in [4.78, 5) is 0.301. The van der Waals surface area contributed by atoms with Gasteiger partial charge in [0.15, 0.2) is 0 Å². The highest BCUT2D eigenvalue weighted by Gasteiger charge is 2.42. The Bertz CT molecular complexity index is 608. The van der Waals surface area contributed by atoms with Crippen LogP contribution in [-0.2, 0) is 17.1 Å². The standard InChI is InChI=1S/C14H23N3O2S/c1-9(13-7-11-4-5-12(13)6-11)16-20(18,19)14-8-17(3)15-10(14)2/h8-9,11-13,16H,4-7H2,1-3H3/t9-,11+,12+,13+/m1/s1. The first-order chi connectivity index (χ1) is 9.37. The van der Waals surface area contributed by atoms with Crippen molar-refractivity contribution in [2.75, 3.05) is 0 Å². The molecule has 112 valence electrons. The van der Waals surface area contributed by atoms with Gasteiger partial charge in [0.25, 0.3) is 0 Å². The van der Waals surface area contributed by atoms with Gasteiger partial charge in [0.1, 0.15) is 4.90 Å². The molecular formula is C14H23N3O2S. The average molecular weight is 297 g/mol. The Hall–Kier alpha value is -0.880. The molecule has 3 rings (SSSR count). The van der Waals surface area contributed by atoms with Crippen molar-refractivity contribution in [2.24, 2.45) is 24.8 Å². The molecule has 0 aromatic carbocycles. The van der Waals surface area contributed by atoms with E-state index in [2.05, 4.69) is 9.82 Å². The van der Waals surface area contributed by atoms with Gasteiger partial charge in [0.05, 0.1) is 5.69 Å². The third kappa shape index (κ3) is 2.39. The maximum atomic E-state index is 12.5. The molecule has 1 N–H and O–H groups in total. The Labute approximate surface area is 120 Å². The first kappa shape index (κ1) is 14.1. The van der Waals surface area contributed by atoms with Crippen molar-refractivity contribution in [2.45, 2.75) is 50.5 Å². The molecule has 0 unspecified atom stereocenters. The van der Waals surface area contributed by atoms with Gasteiger partial charge in [0, 0.05) is 19.3 Å². The zero-order valence-corrected chi connectivity index (χ0v) is 13.2. The Morgan fingerprint density at radius 1 is 1.40 bits per heavy atom. The number of fused-ring (bicyclic) bond motifs is 2.